The second kappa shape index (κ2) is 11.5. The van der Waals surface area contributed by atoms with Crippen molar-refractivity contribution in [3.05, 3.63) is 65.7 Å². The maximum absolute atomic E-state index is 12.7. The molecule has 0 saturated carbocycles. The van der Waals surface area contributed by atoms with Crippen LogP contribution in [0.3, 0.4) is 0 Å². The van der Waals surface area contributed by atoms with Crippen LogP contribution in [0.1, 0.15) is 36.8 Å². The summed E-state index contributed by atoms with van der Waals surface area (Å²) in [5.41, 5.74) is 3.96. The number of unbranched alkanes of at least 4 members (excludes halogenated alkanes) is 1. The predicted molar refractivity (Wildman–Crippen MR) is 132 cm³/mol. The fourth-order valence-electron chi connectivity index (χ4n) is 4.97. The van der Waals surface area contributed by atoms with E-state index in [1.54, 1.807) is 0 Å². The number of carbonyl (C=O) groups excluding carboxylic acids is 1. The van der Waals surface area contributed by atoms with Crippen LogP contribution in [0.15, 0.2) is 54.6 Å². The second-order valence-corrected chi connectivity index (χ2v) is 9.28. The Morgan fingerprint density at radius 1 is 0.969 bits per heavy atom. The first-order valence-electron chi connectivity index (χ1n) is 12.3. The van der Waals surface area contributed by atoms with E-state index in [1.165, 1.54) is 16.8 Å². The van der Waals surface area contributed by atoms with E-state index in [2.05, 4.69) is 75.5 Å². The number of hydrogen-bond acceptors (Lipinski definition) is 4. The van der Waals surface area contributed by atoms with Gasteiger partial charge in [0.05, 0.1) is 6.04 Å². The molecule has 0 aromatic heterocycles. The Morgan fingerprint density at radius 2 is 1.78 bits per heavy atom. The highest BCUT2D eigenvalue weighted by Crippen LogP contribution is 2.20. The van der Waals surface area contributed by atoms with Gasteiger partial charge in [-0.3, -0.25) is 14.6 Å². The monoisotopic (exact) mass is 434 g/mol. The summed E-state index contributed by atoms with van der Waals surface area (Å²) in [5, 5.41) is 3.20. The van der Waals surface area contributed by atoms with Gasteiger partial charge < -0.3 is 10.2 Å². The molecular weight excluding hydrogens is 396 g/mol. The Labute approximate surface area is 193 Å². The summed E-state index contributed by atoms with van der Waals surface area (Å²) in [5.74, 6) is 0.213. The minimum Gasteiger partial charge on any atom is -0.369 e. The van der Waals surface area contributed by atoms with Crippen molar-refractivity contribution in [2.75, 3.05) is 50.7 Å². The third-order valence-electron chi connectivity index (χ3n) is 6.83. The van der Waals surface area contributed by atoms with Crippen LogP contribution in [0.25, 0.3) is 0 Å². The maximum Gasteiger partial charge on any atom is 0.237 e. The zero-order valence-corrected chi connectivity index (χ0v) is 19.5. The van der Waals surface area contributed by atoms with E-state index in [0.717, 1.165) is 78.0 Å². The lowest BCUT2D eigenvalue weighted by Crippen LogP contribution is -2.46. The average molecular weight is 435 g/mol. The van der Waals surface area contributed by atoms with Crippen LogP contribution in [0, 0.1) is 6.92 Å². The van der Waals surface area contributed by atoms with Crippen molar-refractivity contribution in [2.24, 2.45) is 0 Å². The van der Waals surface area contributed by atoms with Crippen LogP contribution in [0.2, 0.25) is 0 Å². The fourth-order valence-corrected chi connectivity index (χ4v) is 4.97. The first kappa shape index (κ1) is 22.8. The van der Waals surface area contributed by atoms with E-state index in [-0.39, 0.29) is 11.9 Å². The van der Waals surface area contributed by atoms with E-state index >= 15 is 0 Å². The standard InChI is InChI=1S/C27H38N4O/c1-23-9-7-12-25(21-23)30-19-17-29(18-20-30)15-6-5-14-28-27(32)26-13-8-16-31(26)22-24-10-3-2-4-11-24/h2-4,7,9-12,21,26H,5-6,8,13-20,22H2,1H3,(H,28,32). The van der Waals surface area contributed by atoms with Crippen molar-refractivity contribution in [1.82, 2.24) is 15.1 Å². The van der Waals surface area contributed by atoms with Gasteiger partial charge in [0.1, 0.15) is 0 Å². The summed E-state index contributed by atoms with van der Waals surface area (Å²) in [4.78, 5) is 20.1. The van der Waals surface area contributed by atoms with Gasteiger partial charge in [-0.1, -0.05) is 42.5 Å². The van der Waals surface area contributed by atoms with Crippen molar-refractivity contribution in [3.63, 3.8) is 0 Å². The molecule has 4 rings (SSSR count). The lowest BCUT2D eigenvalue weighted by atomic mass is 10.1. The number of nitrogens with one attached hydrogen (secondary N) is 1. The second-order valence-electron chi connectivity index (χ2n) is 9.28. The molecule has 172 valence electrons. The third kappa shape index (κ3) is 6.33. The molecule has 0 radical (unpaired) electrons. The summed E-state index contributed by atoms with van der Waals surface area (Å²) in [7, 11) is 0. The summed E-state index contributed by atoms with van der Waals surface area (Å²) < 4.78 is 0. The van der Waals surface area contributed by atoms with Gasteiger partial charge in [0.15, 0.2) is 0 Å². The van der Waals surface area contributed by atoms with Gasteiger partial charge in [0, 0.05) is 45.0 Å². The number of anilines is 1. The van der Waals surface area contributed by atoms with Crippen molar-refractivity contribution >= 4 is 11.6 Å². The smallest absolute Gasteiger partial charge is 0.237 e. The quantitative estimate of drug-likeness (QED) is 0.611. The minimum absolute atomic E-state index is 0.0323. The topological polar surface area (TPSA) is 38.8 Å². The molecule has 5 nitrogen and oxygen atoms in total. The van der Waals surface area contributed by atoms with Crippen LogP contribution in [-0.2, 0) is 11.3 Å². The number of hydrogen-bond donors (Lipinski definition) is 1. The summed E-state index contributed by atoms with van der Waals surface area (Å²) in [6.45, 7) is 10.4. The van der Waals surface area contributed by atoms with Crippen LogP contribution < -0.4 is 10.2 Å². The van der Waals surface area contributed by atoms with Crippen LogP contribution in [0.5, 0.6) is 0 Å². The SMILES string of the molecule is Cc1cccc(N2CCN(CCCCNC(=O)C3CCCN3Cc3ccccc3)CC2)c1. The van der Waals surface area contributed by atoms with Gasteiger partial charge in [-0.2, -0.15) is 0 Å². The zero-order chi connectivity index (χ0) is 22.2. The molecule has 2 saturated heterocycles. The predicted octanol–water partition coefficient (Wildman–Crippen LogP) is 3.68. The van der Waals surface area contributed by atoms with Crippen molar-refractivity contribution in [3.8, 4) is 0 Å². The molecule has 0 bridgehead atoms. The Balaban J connectivity index is 1.11. The van der Waals surface area contributed by atoms with E-state index in [0.29, 0.717) is 0 Å². The lowest BCUT2D eigenvalue weighted by molar-refractivity contribution is -0.125. The number of piperazine rings is 1. The normalized spacial score (nSPS) is 19.9. The van der Waals surface area contributed by atoms with E-state index in [9.17, 15) is 4.79 Å². The number of rotatable bonds is 9. The molecule has 2 aromatic carbocycles. The average Bonchev–Trinajstić information content (AvgIpc) is 3.28. The number of aryl methyl sites for hydroxylation is 1. The number of carbonyl (C=O) groups is 1. The molecule has 1 unspecified atom stereocenters. The van der Waals surface area contributed by atoms with E-state index in [1.807, 2.05) is 6.07 Å². The van der Waals surface area contributed by atoms with Crippen LogP contribution >= 0.6 is 0 Å². The number of benzene rings is 2. The van der Waals surface area contributed by atoms with Gasteiger partial charge in [-0.25, -0.2) is 0 Å². The maximum atomic E-state index is 12.7. The van der Waals surface area contributed by atoms with Gasteiger partial charge in [-0.05, 0) is 69.0 Å². The highest BCUT2D eigenvalue weighted by atomic mass is 16.2. The van der Waals surface area contributed by atoms with E-state index < -0.39 is 0 Å². The van der Waals surface area contributed by atoms with Crippen LogP contribution in [-0.4, -0.2) is 67.6 Å². The molecule has 1 amide bonds. The molecule has 2 heterocycles. The first-order chi connectivity index (χ1) is 15.7. The highest BCUT2D eigenvalue weighted by molar-refractivity contribution is 5.82. The van der Waals surface area contributed by atoms with Gasteiger partial charge >= 0.3 is 0 Å². The molecule has 0 spiro atoms. The minimum atomic E-state index is 0.0323. The van der Waals surface area contributed by atoms with Crippen molar-refractivity contribution in [1.29, 1.82) is 0 Å². The molecule has 5 heteroatoms. The molecule has 2 aromatic rings. The molecule has 2 aliphatic heterocycles. The number of amides is 1. The zero-order valence-electron chi connectivity index (χ0n) is 19.5. The van der Waals surface area contributed by atoms with E-state index in [4.69, 9.17) is 0 Å². The largest absolute Gasteiger partial charge is 0.369 e. The molecule has 1 N–H and O–H groups in total. The van der Waals surface area contributed by atoms with Crippen molar-refractivity contribution in [2.45, 2.75) is 45.2 Å². The molecule has 0 aliphatic carbocycles. The Hall–Kier alpha value is -2.37. The Kier molecular flexibility index (Phi) is 8.18. The Bertz CT molecular complexity index is 848. The molecule has 32 heavy (non-hydrogen) atoms. The number of nitrogens with zero attached hydrogens (tertiary/aromatic N) is 3. The number of likely N-dealkylation sites (tertiary alicyclic amines) is 1. The molecular formula is C27H38N4O. The van der Waals surface area contributed by atoms with Crippen molar-refractivity contribution < 1.29 is 4.79 Å². The lowest BCUT2D eigenvalue weighted by Gasteiger charge is -2.36. The molecule has 2 fully saturated rings. The summed E-state index contributed by atoms with van der Waals surface area (Å²) in [6, 6.07) is 19.3. The summed E-state index contributed by atoms with van der Waals surface area (Å²) in [6.07, 6.45) is 4.28. The Morgan fingerprint density at radius 3 is 2.56 bits per heavy atom. The molecule has 2 aliphatic rings. The first-order valence-corrected chi connectivity index (χ1v) is 12.3. The van der Waals surface area contributed by atoms with Crippen LogP contribution in [0.4, 0.5) is 5.69 Å². The molecule has 1 atom stereocenters. The van der Waals surface area contributed by atoms with Gasteiger partial charge in [0.25, 0.3) is 0 Å². The fraction of sp³-hybridized carbons (Fsp3) is 0.519. The van der Waals surface area contributed by atoms with Gasteiger partial charge in [0.2, 0.25) is 5.91 Å². The highest BCUT2D eigenvalue weighted by Gasteiger charge is 2.30. The summed E-state index contributed by atoms with van der Waals surface area (Å²) >= 11 is 0. The van der Waals surface area contributed by atoms with Gasteiger partial charge in [-0.15, -0.1) is 0 Å². The third-order valence-corrected chi connectivity index (χ3v) is 6.83.